The summed E-state index contributed by atoms with van der Waals surface area (Å²) in [5, 5.41) is 0. The van der Waals surface area contributed by atoms with Crippen molar-refractivity contribution < 1.29 is 0 Å². The molecule has 61 heavy (non-hydrogen) atoms. The lowest BCUT2D eigenvalue weighted by atomic mass is 9.81. The van der Waals surface area contributed by atoms with Gasteiger partial charge in [-0.05, 0) is 120 Å². The van der Waals surface area contributed by atoms with Gasteiger partial charge < -0.3 is 4.90 Å². The standard InChI is InChI=1S/C60H47N/c1-59(2)54-30-15-12-27-51(54)58-50(28-18-31-55(58)59)49-26-13-16-32-57(49)61(45-34-36-46(40-19-7-5-8-20-40)52(39-45)41-21-9-6-10-22-41)44-24-17-23-42(37-44)43-33-35-48-47-25-11-14-29-53(47)60(3,4)56(48)38-43/h5-39H,1-4H3. The van der Waals surface area contributed by atoms with Crippen LogP contribution in [0.25, 0.3) is 66.8 Å². The molecule has 0 bridgehead atoms. The van der Waals surface area contributed by atoms with Crippen molar-refractivity contribution in [1.82, 2.24) is 0 Å². The molecule has 9 aromatic rings. The molecule has 0 aromatic heterocycles. The lowest BCUT2D eigenvalue weighted by molar-refractivity contribution is 0.660. The molecule has 0 aliphatic heterocycles. The van der Waals surface area contributed by atoms with E-state index in [1.807, 2.05) is 0 Å². The first kappa shape index (κ1) is 36.8. The Hall–Kier alpha value is -7.22. The zero-order chi connectivity index (χ0) is 41.3. The van der Waals surface area contributed by atoms with Crippen LogP contribution in [-0.4, -0.2) is 0 Å². The van der Waals surface area contributed by atoms with Gasteiger partial charge in [0.15, 0.2) is 0 Å². The van der Waals surface area contributed by atoms with Gasteiger partial charge in [0.2, 0.25) is 0 Å². The zero-order valence-electron chi connectivity index (χ0n) is 35.2. The van der Waals surface area contributed by atoms with Crippen LogP contribution in [-0.2, 0) is 10.8 Å². The summed E-state index contributed by atoms with van der Waals surface area (Å²) in [4.78, 5) is 2.48. The highest BCUT2D eigenvalue weighted by Crippen LogP contribution is 2.54. The lowest BCUT2D eigenvalue weighted by Crippen LogP contribution is -2.15. The van der Waals surface area contributed by atoms with Crippen molar-refractivity contribution in [1.29, 1.82) is 0 Å². The Balaban J connectivity index is 1.13. The van der Waals surface area contributed by atoms with E-state index in [4.69, 9.17) is 0 Å². The maximum absolute atomic E-state index is 2.48. The largest absolute Gasteiger partial charge is 0.310 e. The average Bonchev–Trinajstić information content (AvgIpc) is 3.69. The summed E-state index contributed by atoms with van der Waals surface area (Å²) < 4.78 is 0. The minimum absolute atomic E-state index is 0.0814. The second-order valence-corrected chi connectivity index (χ2v) is 17.7. The molecule has 0 spiro atoms. The van der Waals surface area contributed by atoms with Crippen molar-refractivity contribution in [3.63, 3.8) is 0 Å². The van der Waals surface area contributed by atoms with Crippen molar-refractivity contribution in [2.45, 2.75) is 38.5 Å². The van der Waals surface area contributed by atoms with E-state index >= 15 is 0 Å². The minimum Gasteiger partial charge on any atom is -0.310 e. The molecule has 0 atom stereocenters. The van der Waals surface area contributed by atoms with Crippen molar-refractivity contribution in [3.8, 4) is 66.8 Å². The highest BCUT2D eigenvalue weighted by Gasteiger charge is 2.38. The fourth-order valence-electron chi connectivity index (χ4n) is 10.4. The monoisotopic (exact) mass is 781 g/mol. The normalized spacial score (nSPS) is 13.8. The Bertz CT molecular complexity index is 3130. The van der Waals surface area contributed by atoms with E-state index in [1.165, 1.54) is 89.0 Å². The lowest BCUT2D eigenvalue weighted by Gasteiger charge is -2.30. The molecule has 11 rings (SSSR count). The molecule has 0 heterocycles. The molecule has 1 nitrogen and oxygen atoms in total. The van der Waals surface area contributed by atoms with Gasteiger partial charge in [-0.3, -0.25) is 0 Å². The van der Waals surface area contributed by atoms with Gasteiger partial charge in [-0.15, -0.1) is 0 Å². The fourth-order valence-corrected chi connectivity index (χ4v) is 10.4. The van der Waals surface area contributed by atoms with Crippen molar-refractivity contribution in [2.24, 2.45) is 0 Å². The quantitative estimate of drug-likeness (QED) is 0.156. The zero-order valence-corrected chi connectivity index (χ0v) is 35.2. The molecule has 0 N–H and O–H groups in total. The summed E-state index contributed by atoms with van der Waals surface area (Å²) in [6, 6.07) is 78.6. The molecule has 1 heteroatoms. The summed E-state index contributed by atoms with van der Waals surface area (Å²) in [6.07, 6.45) is 0. The van der Waals surface area contributed by atoms with Crippen molar-refractivity contribution in [2.75, 3.05) is 4.90 Å². The van der Waals surface area contributed by atoms with E-state index in [-0.39, 0.29) is 10.8 Å². The van der Waals surface area contributed by atoms with Crippen LogP contribution in [0.1, 0.15) is 49.9 Å². The highest BCUT2D eigenvalue weighted by molar-refractivity contribution is 5.99. The molecule has 0 amide bonds. The molecule has 292 valence electrons. The van der Waals surface area contributed by atoms with E-state index in [9.17, 15) is 0 Å². The van der Waals surface area contributed by atoms with Crippen LogP contribution in [0.4, 0.5) is 17.1 Å². The average molecular weight is 782 g/mol. The number of hydrogen-bond donors (Lipinski definition) is 0. The predicted octanol–water partition coefficient (Wildman–Crippen LogP) is 16.4. The van der Waals surface area contributed by atoms with Gasteiger partial charge in [0.05, 0.1) is 5.69 Å². The predicted molar refractivity (Wildman–Crippen MR) is 258 cm³/mol. The van der Waals surface area contributed by atoms with Crippen LogP contribution in [0.5, 0.6) is 0 Å². The van der Waals surface area contributed by atoms with E-state index in [0.717, 1.165) is 17.1 Å². The maximum Gasteiger partial charge on any atom is 0.0540 e. The molecule has 0 saturated heterocycles. The summed E-state index contributed by atoms with van der Waals surface area (Å²) in [5.74, 6) is 0. The third kappa shape index (κ3) is 5.91. The van der Waals surface area contributed by atoms with Gasteiger partial charge in [-0.25, -0.2) is 0 Å². The smallest absolute Gasteiger partial charge is 0.0540 e. The molecule has 2 aliphatic carbocycles. The highest BCUT2D eigenvalue weighted by atomic mass is 15.1. The molecule has 2 aliphatic rings. The maximum atomic E-state index is 2.48. The summed E-state index contributed by atoms with van der Waals surface area (Å²) in [7, 11) is 0. The molecule has 0 fully saturated rings. The molecule has 0 saturated carbocycles. The first-order chi connectivity index (χ1) is 29.8. The van der Waals surface area contributed by atoms with E-state index < -0.39 is 0 Å². The first-order valence-corrected chi connectivity index (χ1v) is 21.5. The van der Waals surface area contributed by atoms with Crippen LogP contribution in [0, 0.1) is 0 Å². The Labute approximate surface area is 360 Å². The number of nitrogens with zero attached hydrogens (tertiary/aromatic N) is 1. The summed E-state index contributed by atoms with van der Waals surface area (Å²) in [5.41, 5.74) is 23.6. The minimum atomic E-state index is -0.103. The van der Waals surface area contributed by atoms with E-state index in [1.54, 1.807) is 0 Å². The Morgan fingerprint density at radius 2 is 0.770 bits per heavy atom. The molecule has 0 unspecified atom stereocenters. The summed E-state index contributed by atoms with van der Waals surface area (Å²) >= 11 is 0. The second-order valence-electron chi connectivity index (χ2n) is 17.7. The Morgan fingerprint density at radius 1 is 0.279 bits per heavy atom. The number of para-hydroxylation sites is 1. The Morgan fingerprint density at radius 3 is 1.52 bits per heavy atom. The van der Waals surface area contributed by atoms with E-state index in [2.05, 4.69) is 245 Å². The van der Waals surface area contributed by atoms with Gasteiger partial charge in [-0.1, -0.05) is 204 Å². The fraction of sp³-hybridized carbons (Fsp3) is 0.100. The number of hydrogen-bond acceptors (Lipinski definition) is 1. The first-order valence-electron chi connectivity index (χ1n) is 21.5. The second kappa shape index (κ2) is 14.2. The summed E-state index contributed by atoms with van der Waals surface area (Å²) in [6.45, 7) is 9.45. The van der Waals surface area contributed by atoms with Crippen molar-refractivity contribution >= 4 is 17.1 Å². The van der Waals surface area contributed by atoms with E-state index in [0.29, 0.717) is 0 Å². The van der Waals surface area contributed by atoms with Gasteiger partial charge in [0, 0.05) is 27.8 Å². The molecule has 0 radical (unpaired) electrons. The number of rotatable bonds is 7. The van der Waals surface area contributed by atoms with Crippen molar-refractivity contribution in [3.05, 3.63) is 235 Å². The van der Waals surface area contributed by atoms with Crippen LogP contribution in [0.15, 0.2) is 212 Å². The molecular formula is C60H47N. The van der Waals surface area contributed by atoms with Crippen LogP contribution < -0.4 is 4.90 Å². The SMILES string of the molecule is CC1(C)c2ccccc2-c2ccc(-c3cccc(N(c4ccc(-c5ccccc5)c(-c5ccccc5)c4)c4ccccc4-c4cccc5c4-c4ccccc4C5(C)C)c3)cc21. The topological polar surface area (TPSA) is 3.24 Å². The van der Waals surface area contributed by atoms with Crippen LogP contribution >= 0.6 is 0 Å². The Kier molecular flexibility index (Phi) is 8.58. The van der Waals surface area contributed by atoms with Gasteiger partial charge in [0.1, 0.15) is 0 Å². The van der Waals surface area contributed by atoms with Gasteiger partial charge >= 0.3 is 0 Å². The third-order valence-corrected chi connectivity index (χ3v) is 13.5. The number of anilines is 3. The van der Waals surface area contributed by atoms with Crippen LogP contribution in [0.2, 0.25) is 0 Å². The molecular weight excluding hydrogens is 735 g/mol. The molecule has 9 aromatic carbocycles. The third-order valence-electron chi connectivity index (χ3n) is 13.5. The van der Waals surface area contributed by atoms with Gasteiger partial charge in [-0.2, -0.15) is 0 Å². The van der Waals surface area contributed by atoms with Crippen LogP contribution in [0.3, 0.4) is 0 Å². The van der Waals surface area contributed by atoms with Gasteiger partial charge in [0.25, 0.3) is 0 Å². The number of fused-ring (bicyclic) bond motifs is 6. The number of benzene rings is 9.